The molecule has 1 aliphatic heterocycles. The minimum absolute atomic E-state index is 0.0237. The van der Waals surface area contributed by atoms with Crippen LogP contribution in [0.5, 0.6) is 0 Å². The minimum Gasteiger partial charge on any atom is -0.360 e. The second-order valence-corrected chi connectivity index (χ2v) is 4.33. The van der Waals surface area contributed by atoms with E-state index < -0.39 is 0 Å². The Morgan fingerprint density at radius 2 is 2.12 bits per heavy atom. The van der Waals surface area contributed by atoms with E-state index in [4.69, 9.17) is 5.73 Å². The summed E-state index contributed by atoms with van der Waals surface area (Å²) in [6, 6.07) is 3.87. The number of likely N-dealkylation sites (N-methyl/N-ethyl adjacent to an activating group) is 1. The van der Waals surface area contributed by atoms with E-state index in [2.05, 4.69) is 24.4 Å². The van der Waals surface area contributed by atoms with Crippen molar-refractivity contribution < 1.29 is 4.79 Å². The summed E-state index contributed by atoms with van der Waals surface area (Å²) in [5.41, 5.74) is 9.85. The number of rotatable bonds is 1. The number of anilines is 2. The van der Waals surface area contributed by atoms with Crippen LogP contribution in [0.1, 0.15) is 11.1 Å². The number of carbonyl (C=O) groups is 1. The molecule has 4 heteroatoms. The Morgan fingerprint density at radius 1 is 1.44 bits per heavy atom. The van der Waals surface area contributed by atoms with Crippen LogP contribution in [0.25, 0.3) is 0 Å². The lowest BCUT2D eigenvalue weighted by Gasteiger charge is -2.35. The van der Waals surface area contributed by atoms with Crippen molar-refractivity contribution in [3.05, 3.63) is 23.3 Å². The van der Waals surface area contributed by atoms with Crippen molar-refractivity contribution in [3.63, 3.8) is 0 Å². The molecule has 0 spiro atoms. The first kappa shape index (κ1) is 11.0. The third kappa shape index (κ3) is 1.55. The largest absolute Gasteiger partial charge is 0.360 e. The predicted octanol–water partition coefficient (Wildman–Crippen LogP) is 1.02. The van der Waals surface area contributed by atoms with E-state index >= 15 is 0 Å². The Hall–Kier alpha value is -1.55. The molecule has 1 amide bonds. The van der Waals surface area contributed by atoms with Crippen molar-refractivity contribution in [1.82, 2.24) is 0 Å². The first-order valence-electron chi connectivity index (χ1n) is 5.39. The van der Waals surface area contributed by atoms with E-state index in [-0.39, 0.29) is 11.9 Å². The topological polar surface area (TPSA) is 58.4 Å². The molecule has 1 heterocycles. The number of carbonyl (C=O) groups excluding carboxylic acids is 1. The van der Waals surface area contributed by atoms with Crippen LogP contribution in [0.3, 0.4) is 0 Å². The van der Waals surface area contributed by atoms with Gasteiger partial charge in [0.15, 0.2) is 0 Å². The summed E-state index contributed by atoms with van der Waals surface area (Å²) in [6.07, 6.45) is 0. The van der Waals surface area contributed by atoms with Crippen LogP contribution in [0.15, 0.2) is 12.1 Å². The second kappa shape index (κ2) is 3.79. The molecule has 0 aromatic heterocycles. The standard InChI is InChI=1S/C12H17N3O/c1-7-4-8(2)11-9(5-7)15(3)10(6-13)12(16)14-11/h4-5,10H,6,13H2,1-3H3,(H,14,16). The van der Waals surface area contributed by atoms with Crippen LogP contribution in [0.2, 0.25) is 0 Å². The molecule has 0 saturated carbocycles. The van der Waals surface area contributed by atoms with Crippen LogP contribution >= 0.6 is 0 Å². The lowest BCUT2D eigenvalue weighted by Crippen LogP contribution is -2.50. The lowest BCUT2D eigenvalue weighted by molar-refractivity contribution is -0.117. The van der Waals surface area contributed by atoms with Crippen molar-refractivity contribution in [2.75, 3.05) is 23.8 Å². The van der Waals surface area contributed by atoms with Crippen LogP contribution in [0.4, 0.5) is 11.4 Å². The summed E-state index contributed by atoms with van der Waals surface area (Å²) in [5.74, 6) is -0.0237. The zero-order valence-electron chi connectivity index (χ0n) is 9.87. The molecule has 0 fully saturated rings. The SMILES string of the molecule is Cc1cc(C)c2c(c1)N(C)C(CN)C(=O)N2. The van der Waals surface area contributed by atoms with Crippen molar-refractivity contribution in [1.29, 1.82) is 0 Å². The summed E-state index contributed by atoms with van der Waals surface area (Å²) >= 11 is 0. The van der Waals surface area contributed by atoms with Crippen LogP contribution in [-0.2, 0) is 4.79 Å². The number of hydrogen-bond donors (Lipinski definition) is 2. The molecule has 1 unspecified atom stereocenters. The highest BCUT2D eigenvalue weighted by Gasteiger charge is 2.30. The number of aryl methyl sites for hydroxylation is 2. The molecule has 2 rings (SSSR count). The molecule has 86 valence electrons. The predicted molar refractivity (Wildman–Crippen MR) is 65.8 cm³/mol. The number of hydrogen-bond acceptors (Lipinski definition) is 3. The number of fused-ring (bicyclic) bond motifs is 1. The summed E-state index contributed by atoms with van der Waals surface area (Å²) in [5, 5.41) is 2.93. The molecule has 0 radical (unpaired) electrons. The maximum Gasteiger partial charge on any atom is 0.248 e. The molecule has 3 N–H and O–H groups in total. The molecule has 1 aromatic carbocycles. The Bertz CT molecular complexity index is 442. The van der Waals surface area contributed by atoms with E-state index in [1.165, 1.54) is 5.56 Å². The number of amides is 1. The van der Waals surface area contributed by atoms with Gasteiger partial charge in [0.2, 0.25) is 5.91 Å². The van der Waals surface area contributed by atoms with Crippen molar-refractivity contribution in [2.24, 2.45) is 5.73 Å². The molecule has 0 saturated heterocycles. The summed E-state index contributed by atoms with van der Waals surface area (Å²) in [7, 11) is 1.91. The van der Waals surface area contributed by atoms with Crippen LogP contribution < -0.4 is 16.0 Å². The van der Waals surface area contributed by atoms with Gasteiger partial charge in [0.25, 0.3) is 0 Å². The quantitative estimate of drug-likeness (QED) is 0.741. The third-order valence-electron chi connectivity index (χ3n) is 3.08. The van der Waals surface area contributed by atoms with Crippen LogP contribution in [-0.4, -0.2) is 25.5 Å². The Morgan fingerprint density at radius 3 is 2.75 bits per heavy atom. The van der Waals surface area contributed by atoms with Gasteiger partial charge < -0.3 is 16.0 Å². The number of nitrogens with one attached hydrogen (secondary N) is 1. The van der Waals surface area contributed by atoms with Gasteiger partial charge in [0.1, 0.15) is 6.04 Å². The fourth-order valence-electron chi connectivity index (χ4n) is 2.20. The van der Waals surface area contributed by atoms with Gasteiger partial charge >= 0.3 is 0 Å². The Labute approximate surface area is 95.4 Å². The third-order valence-corrected chi connectivity index (χ3v) is 3.08. The highest BCUT2D eigenvalue weighted by molar-refractivity contribution is 6.04. The molecule has 4 nitrogen and oxygen atoms in total. The molecule has 0 bridgehead atoms. The second-order valence-electron chi connectivity index (χ2n) is 4.33. The fraction of sp³-hybridized carbons (Fsp3) is 0.417. The van der Waals surface area contributed by atoms with E-state index in [0.29, 0.717) is 6.54 Å². The van der Waals surface area contributed by atoms with Gasteiger partial charge in [-0.3, -0.25) is 4.79 Å². The van der Waals surface area contributed by atoms with E-state index in [0.717, 1.165) is 16.9 Å². The first-order valence-corrected chi connectivity index (χ1v) is 5.39. The molecular formula is C12H17N3O. The van der Waals surface area contributed by atoms with Gasteiger partial charge in [-0.1, -0.05) is 6.07 Å². The Kier molecular flexibility index (Phi) is 2.59. The minimum atomic E-state index is -0.270. The zero-order valence-corrected chi connectivity index (χ0v) is 9.87. The van der Waals surface area contributed by atoms with Gasteiger partial charge in [0.05, 0.1) is 11.4 Å². The average Bonchev–Trinajstić information content (AvgIpc) is 2.21. The summed E-state index contributed by atoms with van der Waals surface area (Å²) in [4.78, 5) is 13.8. The highest BCUT2D eigenvalue weighted by atomic mass is 16.2. The maximum atomic E-state index is 11.8. The lowest BCUT2D eigenvalue weighted by atomic mass is 10.0. The van der Waals surface area contributed by atoms with Gasteiger partial charge in [0, 0.05) is 13.6 Å². The van der Waals surface area contributed by atoms with Gasteiger partial charge in [-0.05, 0) is 31.0 Å². The van der Waals surface area contributed by atoms with Gasteiger partial charge in [-0.25, -0.2) is 0 Å². The number of nitrogens with two attached hydrogens (primary N) is 1. The highest BCUT2D eigenvalue weighted by Crippen LogP contribution is 2.34. The van der Waals surface area contributed by atoms with Gasteiger partial charge in [-0.15, -0.1) is 0 Å². The normalized spacial score (nSPS) is 19.4. The average molecular weight is 219 g/mol. The van der Waals surface area contributed by atoms with E-state index in [1.807, 2.05) is 18.9 Å². The fourth-order valence-corrected chi connectivity index (χ4v) is 2.20. The smallest absolute Gasteiger partial charge is 0.248 e. The zero-order chi connectivity index (χ0) is 11.9. The van der Waals surface area contributed by atoms with Gasteiger partial charge in [-0.2, -0.15) is 0 Å². The summed E-state index contributed by atoms with van der Waals surface area (Å²) < 4.78 is 0. The number of nitrogens with zero attached hydrogens (tertiary/aromatic N) is 1. The molecule has 0 aliphatic carbocycles. The molecular weight excluding hydrogens is 202 g/mol. The molecule has 1 atom stereocenters. The summed E-state index contributed by atoms with van der Waals surface area (Å²) in [6.45, 7) is 4.38. The molecule has 1 aliphatic rings. The number of benzene rings is 1. The first-order chi connectivity index (χ1) is 7.54. The maximum absolute atomic E-state index is 11.8. The van der Waals surface area contributed by atoms with E-state index in [1.54, 1.807) is 0 Å². The molecule has 1 aromatic rings. The van der Waals surface area contributed by atoms with Crippen LogP contribution in [0, 0.1) is 13.8 Å². The molecule has 16 heavy (non-hydrogen) atoms. The van der Waals surface area contributed by atoms with Crippen molar-refractivity contribution in [2.45, 2.75) is 19.9 Å². The van der Waals surface area contributed by atoms with Crippen molar-refractivity contribution in [3.8, 4) is 0 Å². The van der Waals surface area contributed by atoms with E-state index in [9.17, 15) is 4.79 Å². The Balaban J connectivity index is 2.55. The monoisotopic (exact) mass is 219 g/mol. The van der Waals surface area contributed by atoms with Crippen molar-refractivity contribution >= 4 is 17.3 Å².